The number of aliphatic imine (C=N–C) groups is 1. The van der Waals surface area contributed by atoms with Gasteiger partial charge in [0.15, 0.2) is 5.96 Å². The third-order valence-corrected chi connectivity index (χ3v) is 6.09. The summed E-state index contributed by atoms with van der Waals surface area (Å²) in [6.45, 7) is 7.94. The molecule has 1 atom stereocenters. The van der Waals surface area contributed by atoms with Crippen molar-refractivity contribution in [2.45, 2.75) is 12.6 Å². The van der Waals surface area contributed by atoms with Gasteiger partial charge in [0.2, 0.25) is 0 Å². The normalized spacial score (nSPS) is 26.7. The average molecular weight is 514 g/mol. The van der Waals surface area contributed by atoms with Crippen LogP contribution in [-0.2, 0) is 6.54 Å². The maximum atomic E-state index is 4.43. The quantitative estimate of drug-likeness (QED) is 0.380. The van der Waals surface area contributed by atoms with E-state index in [1.807, 2.05) is 7.05 Å². The van der Waals surface area contributed by atoms with Crippen LogP contribution >= 0.6 is 51.2 Å². The van der Waals surface area contributed by atoms with Gasteiger partial charge in [0.25, 0.3) is 0 Å². The third-order valence-electron chi connectivity index (χ3n) is 4.48. The summed E-state index contributed by atoms with van der Waals surface area (Å²) in [6.07, 6.45) is 0. The molecule has 3 saturated heterocycles. The SMILES string of the molecule is CN=C(NCC1CN2CCN1CC2)N(C)Cc1ccc(Br)s1.I. The highest BCUT2D eigenvalue weighted by Crippen LogP contribution is 2.23. The van der Waals surface area contributed by atoms with Crippen molar-refractivity contribution < 1.29 is 0 Å². The molecule has 0 aliphatic carbocycles. The lowest BCUT2D eigenvalue weighted by Crippen LogP contribution is -2.63. The molecule has 23 heavy (non-hydrogen) atoms. The number of nitrogens with one attached hydrogen (secondary N) is 1. The molecular weight excluding hydrogens is 489 g/mol. The molecule has 3 fully saturated rings. The first-order chi connectivity index (χ1) is 10.7. The van der Waals surface area contributed by atoms with Gasteiger partial charge in [-0.2, -0.15) is 0 Å². The summed E-state index contributed by atoms with van der Waals surface area (Å²) >= 11 is 5.30. The van der Waals surface area contributed by atoms with E-state index < -0.39 is 0 Å². The van der Waals surface area contributed by atoms with Crippen molar-refractivity contribution in [3.05, 3.63) is 20.8 Å². The Morgan fingerprint density at radius 1 is 1.39 bits per heavy atom. The molecule has 1 aromatic rings. The monoisotopic (exact) mass is 513 g/mol. The molecule has 5 nitrogen and oxygen atoms in total. The van der Waals surface area contributed by atoms with Crippen molar-refractivity contribution in [2.24, 2.45) is 4.99 Å². The van der Waals surface area contributed by atoms with E-state index in [4.69, 9.17) is 0 Å². The van der Waals surface area contributed by atoms with E-state index in [1.165, 1.54) is 41.4 Å². The Morgan fingerprint density at radius 2 is 2.13 bits per heavy atom. The second-order valence-corrected chi connectivity index (χ2v) is 8.53. The molecular formula is C15H25BrIN5S. The van der Waals surface area contributed by atoms with E-state index in [9.17, 15) is 0 Å². The van der Waals surface area contributed by atoms with Crippen LogP contribution in [0, 0.1) is 0 Å². The van der Waals surface area contributed by atoms with Crippen LogP contribution in [-0.4, -0.2) is 80.1 Å². The number of hydrogen-bond acceptors (Lipinski definition) is 4. The first-order valence-electron chi connectivity index (χ1n) is 7.78. The lowest BCUT2D eigenvalue weighted by atomic mass is 10.1. The molecule has 0 amide bonds. The molecule has 0 radical (unpaired) electrons. The van der Waals surface area contributed by atoms with Crippen molar-refractivity contribution in [1.82, 2.24) is 20.0 Å². The van der Waals surface area contributed by atoms with E-state index in [1.54, 1.807) is 11.3 Å². The van der Waals surface area contributed by atoms with Gasteiger partial charge in [0, 0.05) is 64.3 Å². The molecule has 1 unspecified atom stereocenters. The van der Waals surface area contributed by atoms with Gasteiger partial charge in [-0.25, -0.2) is 0 Å². The molecule has 3 aliphatic rings. The summed E-state index contributed by atoms with van der Waals surface area (Å²) in [6, 6.07) is 4.88. The Morgan fingerprint density at radius 3 is 2.65 bits per heavy atom. The summed E-state index contributed by atoms with van der Waals surface area (Å²) in [4.78, 5) is 13.1. The van der Waals surface area contributed by atoms with Crippen molar-refractivity contribution >= 4 is 57.2 Å². The highest BCUT2D eigenvalue weighted by molar-refractivity contribution is 14.0. The summed E-state index contributed by atoms with van der Waals surface area (Å²) in [7, 11) is 3.96. The Kier molecular flexibility index (Phi) is 7.58. The number of guanidine groups is 1. The molecule has 4 heterocycles. The molecule has 1 aromatic heterocycles. The fourth-order valence-corrected chi connectivity index (χ4v) is 4.79. The largest absolute Gasteiger partial charge is 0.355 e. The average Bonchev–Trinajstić information content (AvgIpc) is 2.94. The van der Waals surface area contributed by atoms with Crippen LogP contribution in [0.25, 0.3) is 0 Å². The summed E-state index contributed by atoms with van der Waals surface area (Å²) in [5.41, 5.74) is 0. The molecule has 130 valence electrons. The maximum absolute atomic E-state index is 4.43. The second-order valence-electron chi connectivity index (χ2n) is 5.98. The first-order valence-corrected chi connectivity index (χ1v) is 9.39. The van der Waals surface area contributed by atoms with Crippen LogP contribution < -0.4 is 5.32 Å². The van der Waals surface area contributed by atoms with Crippen LogP contribution in [0.2, 0.25) is 0 Å². The van der Waals surface area contributed by atoms with Gasteiger partial charge >= 0.3 is 0 Å². The highest BCUT2D eigenvalue weighted by atomic mass is 127. The third kappa shape index (κ3) is 5.04. The Bertz CT molecular complexity index is 530. The summed E-state index contributed by atoms with van der Waals surface area (Å²) in [5, 5.41) is 3.55. The molecule has 3 aliphatic heterocycles. The van der Waals surface area contributed by atoms with Crippen molar-refractivity contribution in [2.75, 3.05) is 53.4 Å². The number of halogens is 2. The smallest absolute Gasteiger partial charge is 0.193 e. The number of hydrogen-bond donors (Lipinski definition) is 1. The minimum absolute atomic E-state index is 0. The molecule has 4 rings (SSSR count). The van der Waals surface area contributed by atoms with Gasteiger partial charge in [-0.1, -0.05) is 0 Å². The molecule has 0 saturated carbocycles. The highest BCUT2D eigenvalue weighted by Gasteiger charge is 2.31. The Balaban J connectivity index is 0.00000192. The minimum Gasteiger partial charge on any atom is -0.355 e. The predicted octanol–water partition coefficient (Wildman–Crippen LogP) is 2.14. The van der Waals surface area contributed by atoms with Crippen LogP contribution in [0.15, 0.2) is 20.9 Å². The predicted molar refractivity (Wildman–Crippen MR) is 112 cm³/mol. The van der Waals surface area contributed by atoms with Crippen LogP contribution in [0.3, 0.4) is 0 Å². The molecule has 0 aromatic carbocycles. The standard InChI is InChI=1S/C15H24BrN5S.HI/c1-17-15(19(2)11-13-3-4-14(16)22-13)18-9-12-10-20-5-7-21(12)8-6-20;/h3-4,12H,5-11H2,1-2H3,(H,17,18);1H. The Hall–Kier alpha value is 0.1000. The zero-order valence-corrected chi connectivity index (χ0v) is 18.4. The van der Waals surface area contributed by atoms with Gasteiger partial charge in [-0.05, 0) is 28.1 Å². The van der Waals surface area contributed by atoms with E-state index in [0.717, 1.165) is 19.0 Å². The van der Waals surface area contributed by atoms with E-state index in [2.05, 4.69) is 60.1 Å². The fraction of sp³-hybridized carbons (Fsp3) is 0.667. The summed E-state index contributed by atoms with van der Waals surface area (Å²) < 4.78 is 1.18. The van der Waals surface area contributed by atoms with Gasteiger partial charge < -0.3 is 10.2 Å². The zero-order valence-electron chi connectivity index (χ0n) is 13.7. The molecule has 1 N–H and O–H groups in total. The van der Waals surface area contributed by atoms with E-state index >= 15 is 0 Å². The molecule has 0 spiro atoms. The van der Waals surface area contributed by atoms with Crippen molar-refractivity contribution in [1.29, 1.82) is 0 Å². The zero-order chi connectivity index (χ0) is 15.5. The minimum atomic E-state index is 0. The second kappa shape index (κ2) is 8.98. The van der Waals surface area contributed by atoms with Gasteiger partial charge in [-0.15, -0.1) is 35.3 Å². The number of rotatable bonds is 4. The van der Waals surface area contributed by atoms with Crippen LogP contribution in [0.5, 0.6) is 0 Å². The topological polar surface area (TPSA) is 34.1 Å². The number of fused-ring (bicyclic) bond motifs is 3. The van der Waals surface area contributed by atoms with Crippen LogP contribution in [0.1, 0.15) is 4.88 Å². The number of nitrogens with zero attached hydrogens (tertiary/aromatic N) is 4. The fourth-order valence-electron chi connectivity index (χ4n) is 3.26. The summed E-state index contributed by atoms with van der Waals surface area (Å²) in [5.74, 6) is 0.974. The van der Waals surface area contributed by atoms with E-state index in [-0.39, 0.29) is 24.0 Å². The van der Waals surface area contributed by atoms with Gasteiger partial charge in [0.05, 0.1) is 10.3 Å². The van der Waals surface area contributed by atoms with Gasteiger partial charge in [0.1, 0.15) is 0 Å². The van der Waals surface area contributed by atoms with E-state index in [0.29, 0.717) is 6.04 Å². The number of piperazine rings is 3. The number of thiophene rings is 1. The first kappa shape index (κ1) is 19.4. The van der Waals surface area contributed by atoms with Crippen molar-refractivity contribution in [3.8, 4) is 0 Å². The van der Waals surface area contributed by atoms with Crippen molar-refractivity contribution in [3.63, 3.8) is 0 Å². The Labute approximate surface area is 168 Å². The maximum Gasteiger partial charge on any atom is 0.193 e. The van der Waals surface area contributed by atoms with Gasteiger partial charge in [-0.3, -0.25) is 14.8 Å². The molecule has 2 bridgehead atoms. The lowest BCUT2D eigenvalue weighted by molar-refractivity contribution is 0.0152. The molecule has 8 heteroatoms. The lowest BCUT2D eigenvalue weighted by Gasteiger charge is -2.47. The van der Waals surface area contributed by atoms with Crippen LogP contribution in [0.4, 0.5) is 0 Å².